The molecular formula is C28H29ClN2O5S. The summed E-state index contributed by atoms with van der Waals surface area (Å²) in [6, 6.07) is 11.9. The molecule has 1 aromatic heterocycles. The van der Waals surface area contributed by atoms with Gasteiger partial charge in [-0.3, -0.25) is 9.36 Å². The first-order valence-electron chi connectivity index (χ1n) is 11.9. The second-order valence-corrected chi connectivity index (χ2v) is 10.6. The van der Waals surface area contributed by atoms with Crippen LogP contribution in [0.2, 0.25) is 5.02 Å². The number of hydrogen-bond acceptors (Lipinski definition) is 7. The van der Waals surface area contributed by atoms with E-state index >= 15 is 0 Å². The highest BCUT2D eigenvalue weighted by atomic mass is 35.5. The van der Waals surface area contributed by atoms with Crippen LogP contribution in [-0.2, 0) is 9.53 Å². The first-order chi connectivity index (χ1) is 17.6. The molecule has 0 saturated carbocycles. The van der Waals surface area contributed by atoms with E-state index in [-0.39, 0.29) is 17.8 Å². The highest BCUT2D eigenvalue weighted by Gasteiger charge is 2.33. The average molecular weight is 541 g/mol. The zero-order valence-corrected chi connectivity index (χ0v) is 23.1. The number of carbonyl (C=O) groups excluding carboxylic acids is 1. The number of nitrogens with zero attached hydrogens (tertiary/aromatic N) is 2. The summed E-state index contributed by atoms with van der Waals surface area (Å²) in [6.07, 6.45) is 1.47. The Balaban J connectivity index is 1.88. The molecule has 7 nitrogen and oxygen atoms in total. The molecule has 0 saturated heterocycles. The molecule has 0 radical (unpaired) electrons. The molecule has 0 bridgehead atoms. The Bertz CT molecular complexity index is 1530. The molecule has 2 heterocycles. The summed E-state index contributed by atoms with van der Waals surface area (Å²) >= 11 is 7.39. The molecule has 0 aliphatic carbocycles. The predicted octanol–water partition coefficient (Wildman–Crippen LogP) is 4.64. The van der Waals surface area contributed by atoms with E-state index in [4.69, 9.17) is 25.8 Å². The van der Waals surface area contributed by atoms with Gasteiger partial charge in [0.2, 0.25) is 0 Å². The molecule has 1 aliphatic rings. The van der Waals surface area contributed by atoms with E-state index in [1.54, 1.807) is 50.7 Å². The van der Waals surface area contributed by atoms with Crippen LogP contribution in [0.5, 0.6) is 11.5 Å². The number of carbonyl (C=O) groups is 1. The largest absolute Gasteiger partial charge is 0.493 e. The number of ether oxygens (including phenoxy) is 3. The molecule has 194 valence electrons. The summed E-state index contributed by atoms with van der Waals surface area (Å²) < 4.78 is 18.9. The second-order valence-electron chi connectivity index (χ2n) is 9.16. The Kier molecular flexibility index (Phi) is 7.90. The molecule has 4 rings (SSSR count). The van der Waals surface area contributed by atoms with E-state index in [1.807, 2.05) is 44.2 Å². The van der Waals surface area contributed by atoms with Crippen molar-refractivity contribution in [3.63, 3.8) is 0 Å². The Morgan fingerprint density at radius 1 is 1.08 bits per heavy atom. The van der Waals surface area contributed by atoms with Gasteiger partial charge in [0, 0.05) is 5.02 Å². The number of halogens is 1. The molecule has 0 N–H and O–H groups in total. The number of benzene rings is 2. The maximum Gasteiger partial charge on any atom is 0.338 e. The van der Waals surface area contributed by atoms with E-state index in [2.05, 4.69) is 4.99 Å². The molecule has 0 amide bonds. The minimum Gasteiger partial charge on any atom is -0.493 e. The van der Waals surface area contributed by atoms with Crippen molar-refractivity contribution in [3.05, 3.63) is 89.6 Å². The number of allylic oxidation sites excluding steroid dienone is 1. The fourth-order valence-electron chi connectivity index (χ4n) is 4.10. The number of esters is 1. The molecule has 1 aliphatic heterocycles. The third-order valence-electron chi connectivity index (χ3n) is 5.62. The van der Waals surface area contributed by atoms with Crippen LogP contribution in [0.1, 0.15) is 51.8 Å². The molecule has 2 aromatic carbocycles. The van der Waals surface area contributed by atoms with E-state index < -0.39 is 12.0 Å². The van der Waals surface area contributed by atoms with Crippen LogP contribution in [0.4, 0.5) is 0 Å². The summed E-state index contributed by atoms with van der Waals surface area (Å²) in [6.45, 7) is 9.21. The summed E-state index contributed by atoms with van der Waals surface area (Å²) in [5, 5.41) is 0.557. The van der Waals surface area contributed by atoms with Crippen molar-refractivity contribution in [2.45, 2.75) is 52.9 Å². The lowest BCUT2D eigenvalue weighted by Gasteiger charge is -2.25. The van der Waals surface area contributed by atoms with Gasteiger partial charge in [-0.25, -0.2) is 9.79 Å². The molecule has 9 heteroatoms. The quantitative estimate of drug-likeness (QED) is 0.408. The minimum atomic E-state index is -0.696. The Hall–Kier alpha value is -3.36. The van der Waals surface area contributed by atoms with Gasteiger partial charge in [-0.2, -0.15) is 0 Å². The van der Waals surface area contributed by atoms with Gasteiger partial charge >= 0.3 is 5.97 Å². The van der Waals surface area contributed by atoms with Gasteiger partial charge in [0.1, 0.15) is 0 Å². The molecule has 0 spiro atoms. The molecule has 3 aromatic rings. The monoisotopic (exact) mass is 540 g/mol. The normalized spacial score (nSPS) is 15.6. The van der Waals surface area contributed by atoms with E-state index in [0.717, 1.165) is 11.1 Å². The molecule has 37 heavy (non-hydrogen) atoms. The lowest BCUT2D eigenvalue weighted by atomic mass is 9.96. The Labute approximate surface area is 224 Å². The van der Waals surface area contributed by atoms with Crippen molar-refractivity contribution in [3.8, 4) is 11.5 Å². The first-order valence-corrected chi connectivity index (χ1v) is 13.1. The summed E-state index contributed by atoms with van der Waals surface area (Å²) in [5.41, 5.74) is 2.09. The Morgan fingerprint density at radius 2 is 1.78 bits per heavy atom. The fourth-order valence-corrected chi connectivity index (χ4v) is 5.27. The molecule has 0 fully saturated rings. The zero-order chi connectivity index (χ0) is 26.9. The predicted molar refractivity (Wildman–Crippen MR) is 145 cm³/mol. The standard InChI is InChI=1S/C28H29ClN2O5S/c1-15(2)35-21-12-7-18(13-22(21)34-6)14-23-26(32)31-25(19-8-10-20(29)11-9-19)24(27(33)36-16(3)4)17(5)30-28(31)37-23/h7-16,25H,1-6H3. The summed E-state index contributed by atoms with van der Waals surface area (Å²) in [7, 11) is 1.58. The van der Waals surface area contributed by atoms with Gasteiger partial charge in [-0.05, 0) is 76.1 Å². The third-order valence-corrected chi connectivity index (χ3v) is 6.85. The Morgan fingerprint density at radius 3 is 2.41 bits per heavy atom. The van der Waals surface area contributed by atoms with Crippen molar-refractivity contribution in [2.75, 3.05) is 7.11 Å². The van der Waals surface area contributed by atoms with Gasteiger partial charge in [-0.15, -0.1) is 0 Å². The van der Waals surface area contributed by atoms with Crippen molar-refractivity contribution in [1.29, 1.82) is 0 Å². The maximum atomic E-state index is 13.8. The van der Waals surface area contributed by atoms with E-state index in [0.29, 0.717) is 37.1 Å². The average Bonchev–Trinajstić information content (AvgIpc) is 3.13. The molecule has 1 unspecified atom stereocenters. The minimum absolute atomic E-state index is 0.00358. The van der Waals surface area contributed by atoms with Crippen molar-refractivity contribution < 1.29 is 19.0 Å². The smallest absolute Gasteiger partial charge is 0.338 e. The van der Waals surface area contributed by atoms with Gasteiger partial charge in [0.05, 0.1) is 41.2 Å². The number of thiazole rings is 1. The van der Waals surface area contributed by atoms with E-state index in [1.165, 1.54) is 11.3 Å². The van der Waals surface area contributed by atoms with Crippen LogP contribution >= 0.6 is 22.9 Å². The highest BCUT2D eigenvalue weighted by Crippen LogP contribution is 2.32. The SMILES string of the molecule is COc1cc(C=c2sc3n(c2=O)C(c2ccc(Cl)cc2)C(C(=O)OC(C)C)=C(C)N=3)ccc1OC(C)C. The lowest BCUT2D eigenvalue weighted by molar-refractivity contribution is -0.143. The van der Waals surface area contributed by atoms with Gasteiger partial charge in [0.25, 0.3) is 5.56 Å². The van der Waals surface area contributed by atoms with Crippen LogP contribution in [0.3, 0.4) is 0 Å². The topological polar surface area (TPSA) is 79.1 Å². The van der Waals surface area contributed by atoms with Crippen molar-refractivity contribution >= 4 is 35.0 Å². The van der Waals surface area contributed by atoms with Crippen LogP contribution in [0.25, 0.3) is 6.08 Å². The maximum absolute atomic E-state index is 13.8. The van der Waals surface area contributed by atoms with Crippen LogP contribution in [0.15, 0.2) is 63.5 Å². The van der Waals surface area contributed by atoms with Crippen LogP contribution < -0.4 is 24.4 Å². The summed E-state index contributed by atoms with van der Waals surface area (Å²) in [4.78, 5) is 32.0. The van der Waals surface area contributed by atoms with E-state index in [9.17, 15) is 9.59 Å². The van der Waals surface area contributed by atoms with Crippen LogP contribution in [0, 0.1) is 0 Å². The summed E-state index contributed by atoms with van der Waals surface area (Å²) in [5.74, 6) is 0.697. The van der Waals surface area contributed by atoms with Gasteiger partial charge in [0.15, 0.2) is 16.3 Å². The number of fused-ring (bicyclic) bond motifs is 1. The molecular weight excluding hydrogens is 512 g/mol. The number of aromatic nitrogens is 1. The van der Waals surface area contributed by atoms with Gasteiger partial charge in [-0.1, -0.05) is 41.1 Å². The van der Waals surface area contributed by atoms with Crippen molar-refractivity contribution in [1.82, 2.24) is 4.57 Å². The zero-order valence-electron chi connectivity index (χ0n) is 21.6. The number of methoxy groups -OCH3 is 1. The van der Waals surface area contributed by atoms with Crippen molar-refractivity contribution in [2.24, 2.45) is 4.99 Å². The van der Waals surface area contributed by atoms with Crippen LogP contribution in [-0.4, -0.2) is 29.9 Å². The fraction of sp³-hybridized carbons (Fsp3) is 0.321. The second kappa shape index (κ2) is 10.9. The highest BCUT2D eigenvalue weighted by molar-refractivity contribution is 7.07. The lowest BCUT2D eigenvalue weighted by Crippen LogP contribution is -2.40. The number of rotatable bonds is 7. The number of hydrogen-bond donors (Lipinski definition) is 0. The van der Waals surface area contributed by atoms with Gasteiger partial charge < -0.3 is 14.2 Å². The first kappa shape index (κ1) is 26.7. The third kappa shape index (κ3) is 5.65. The molecule has 1 atom stereocenters.